The molecule has 2 aliphatic rings. The molecule has 3 heterocycles. The quantitative estimate of drug-likeness (QED) is 0.245. The van der Waals surface area contributed by atoms with Gasteiger partial charge in [-0.15, -0.1) is 0 Å². The number of anilines is 2. The van der Waals surface area contributed by atoms with Gasteiger partial charge in [0.05, 0.1) is 15.8 Å². The predicted molar refractivity (Wildman–Crippen MR) is 156 cm³/mol. The van der Waals surface area contributed by atoms with E-state index < -0.39 is 0 Å². The highest BCUT2D eigenvalue weighted by atomic mass is 35.5. The third-order valence-corrected chi connectivity index (χ3v) is 7.22. The number of hydrogen-bond acceptors (Lipinski definition) is 6. The van der Waals surface area contributed by atoms with E-state index >= 15 is 0 Å². The van der Waals surface area contributed by atoms with Crippen molar-refractivity contribution in [3.05, 3.63) is 64.4 Å². The average Bonchev–Trinajstić information content (AvgIpc) is 3.32. The first-order valence-electron chi connectivity index (χ1n) is 12.8. The van der Waals surface area contributed by atoms with Crippen molar-refractivity contribution in [3.63, 3.8) is 0 Å². The van der Waals surface area contributed by atoms with Gasteiger partial charge < -0.3 is 14.7 Å². The molecule has 0 amide bonds. The normalized spacial score (nSPS) is 22.4. The van der Waals surface area contributed by atoms with Gasteiger partial charge in [-0.3, -0.25) is 0 Å². The van der Waals surface area contributed by atoms with E-state index in [0.717, 1.165) is 62.1 Å². The Bertz CT molecular complexity index is 1110. The summed E-state index contributed by atoms with van der Waals surface area (Å²) < 4.78 is 12.9. The number of allylic oxidation sites excluding steroid dienone is 8. The van der Waals surface area contributed by atoms with Crippen LogP contribution in [0.4, 0.5) is 16.2 Å². The van der Waals surface area contributed by atoms with Crippen molar-refractivity contribution in [1.29, 1.82) is 0 Å². The molecule has 0 spiro atoms. The highest BCUT2D eigenvalue weighted by Crippen LogP contribution is 2.31. The lowest BCUT2D eigenvalue weighted by Gasteiger charge is -2.42. The number of rotatable bonds is 9. The molecule has 0 aromatic carbocycles. The summed E-state index contributed by atoms with van der Waals surface area (Å²) in [6.07, 6.45) is 12.5. The Balaban J connectivity index is 2.00. The van der Waals surface area contributed by atoms with E-state index in [-0.39, 0.29) is 17.5 Å². The summed E-state index contributed by atoms with van der Waals surface area (Å²) in [5.74, 6) is 2.28. The molecule has 9 heteroatoms. The van der Waals surface area contributed by atoms with Crippen molar-refractivity contribution in [2.24, 2.45) is 4.99 Å². The maximum Gasteiger partial charge on any atom is 0.228 e. The molecule has 2 atom stereocenters. The molecule has 3 rings (SSSR count). The lowest BCUT2D eigenvalue weighted by Crippen LogP contribution is -2.52. The van der Waals surface area contributed by atoms with Gasteiger partial charge in [0.1, 0.15) is 18.0 Å². The van der Waals surface area contributed by atoms with E-state index in [1.165, 1.54) is 0 Å². The SMILES string of the molecule is C=N/C(=C(Cl)\C=C/C)N1CCN(c2cc(C(=CC/C(Cl)=C/F)/C=C\C)nc(N3CCCC3C)n2)C(C)C1. The van der Waals surface area contributed by atoms with Crippen LogP contribution in [0, 0.1) is 0 Å². The molecule has 200 valence electrons. The molecule has 1 aromatic heterocycles. The molecule has 6 nitrogen and oxygen atoms in total. The smallest absolute Gasteiger partial charge is 0.228 e. The van der Waals surface area contributed by atoms with Gasteiger partial charge >= 0.3 is 0 Å². The van der Waals surface area contributed by atoms with Crippen LogP contribution in [0.5, 0.6) is 0 Å². The summed E-state index contributed by atoms with van der Waals surface area (Å²) in [7, 11) is 0. The summed E-state index contributed by atoms with van der Waals surface area (Å²) in [6.45, 7) is 15.1. The van der Waals surface area contributed by atoms with Crippen LogP contribution in [0.2, 0.25) is 0 Å². The van der Waals surface area contributed by atoms with Gasteiger partial charge in [-0.25, -0.2) is 14.4 Å². The summed E-state index contributed by atoms with van der Waals surface area (Å²) in [5.41, 5.74) is 1.67. The summed E-state index contributed by atoms with van der Waals surface area (Å²) in [4.78, 5) is 20.9. The fourth-order valence-corrected chi connectivity index (χ4v) is 5.19. The number of piperazine rings is 1. The van der Waals surface area contributed by atoms with Crippen LogP contribution in [0.3, 0.4) is 0 Å². The summed E-state index contributed by atoms with van der Waals surface area (Å²) in [5, 5.41) is 0.723. The fourth-order valence-electron chi connectivity index (χ4n) is 4.80. The van der Waals surface area contributed by atoms with Crippen LogP contribution in [0.25, 0.3) is 5.57 Å². The highest BCUT2D eigenvalue weighted by Gasteiger charge is 2.29. The van der Waals surface area contributed by atoms with E-state index in [1.807, 2.05) is 50.3 Å². The van der Waals surface area contributed by atoms with E-state index in [2.05, 4.69) is 40.3 Å². The number of aromatic nitrogens is 2. The lowest BCUT2D eigenvalue weighted by atomic mass is 10.1. The molecule has 0 saturated carbocycles. The molecular weight excluding hydrogens is 510 g/mol. The molecular formula is C28H37Cl2FN6. The topological polar surface area (TPSA) is 47.9 Å². The van der Waals surface area contributed by atoms with Gasteiger partial charge in [0, 0.05) is 50.7 Å². The Kier molecular flexibility index (Phi) is 10.8. The Hall–Kier alpha value is -2.64. The van der Waals surface area contributed by atoms with Crippen molar-refractivity contribution in [1.82, 2.24) is 14.9 Å². The maximum absolute atomic E-state index is 12.9. The minimum Gasteiger partial charge on any atom is -0.352 e. The molecule has 2 aliphatic heterocycles. The standard InChI is InChI=1S/C28H37Cl2FN6/c1-6-9-22(12-13-23(29)18-31)25-17-26(34-28(33-25)37-14-8-11-20(37)3)36-16-15-35(19-21(36)4)27(32-5)24(30)10-7-2/h6-7,9-10,12,17-18,20-21H,5,8,11,13-16,19H2,1-4H3/b9-6-,10-7-,22-12?,23-18-,27-24-. The van der Waals surface area contributed by atoms with Gasteiger partial charge in [-0.05, 0) is 58.9 Å². The number of nitrogens with zero attached hydrogens (tertiary/aromatic N) is 6. The van der Waals surface area contributed by atoms with Gasteiger partial charge in [0.25, 0.3) is 0 Å². The van der Waals surface area contributed by atoms with Crippen LogP contribution in [0.15, 0.2) is 63.7 Å². The second-order valence-corrected chi connectivity index (χ2v) is 10.2. The van der Waals surface area contributed by atoms with Crippen LogP contribution >= 0.6 is 23.2 Å². The van der Waals surface area contributed by atoms with Gasteiger partial charge in [-0.1, -0.05) is 47.5 Å². The van der Waals surface area contributed by atoms with E-state index in [1.54, 1.807) is 0 Å². The Labute approximate surface area is 230 Å². The minimum absolute atomic E-state index is 0.144. The molecule has 1 aromatic rings. The van der Waals surface area contributed by atoms with E-state index in [0.29, 0.717) is 23.2 Å². The zero-order chi connectivity index (χ0) is 26.9. The Morgan fingerprint density at radius 2 is 1.86 bits per heavy atom. The molecule has 0 bridgehead atoms. The first kappa shape index (κ1) is 28.9. The van der Waals surface area contributed by atoms with Crippen molar-refractivity contribution < 1.29 is 4.39 Å². The first-order chi connectivity index (χ1) is 17.8. The Morgan fingerprint density at radius 3 is 2.46 bits per heavy atom. The first-order valence-corrected chi connectivity index (χ1v) is 13.5. The second kappa shape index (κ2) is 13.8. The monoisotopic (exact) mass is 546 g/mol. The van der Waals surface area contributed by atoms with Crippen molar-refractivity contribution in [3.8, 4) is 0 Å². The van der Waals surface area contributed by atoms with Gasteiger partial charge in [0.2, 0.25) is 5.95 Å². The zero-order valence-corrected chi connectivity index (χ0v) is 23.7. The molecule has 2 unspecified atom stereocenters. The highest BCUT2D eigenvalue weighted by molar-refractivity contribution is 6.31. The molecule has 37 heavy (non-hydrogen) atoms. The number of aliphatic imine (C=N–C) groups is 1. The maximum atomic E-state index is 12.9. The van der Waals surface area contributed by atoms with Gasteiger partial charge in [0.15, 0.2) is 0 Å². The van der Waals surface area contributed by atoms with Crippen LogP contribution in [0.1, 0.15) is 52.7 Å². The average molecular weight is 548 g/mol. The Morgan fingerprint density at radius 1 is 1.11 bits per heavy atom. The lowest BCUT2D eigenvalue weighted by molar-refractivity contribution is 0.280. The van der Waals surface area contributed by atoms with Crippen molar-refractivity contribution in [2.75, 3.05) is 36.0 Å². The van der Waals surface area contributed by atoms with Gasteiger partial charge in [-0.2, -0.15) is 4.98 Å². The molecule has 2 fully saturated rings. The largest absolute Gasteiger partial charge is 0.352 e. The van der Waals surface area contributed by atoms with Crippen LogP contribution in [-0.4, -0.2) is 59.8 Å². The van der Waals surface area contributed by atoms with Crippen LogP contribution < -0.4 is 9.80 Å². The minimum atomic E-state index is 0.144. The summed E-state index contributed by atoms with van der Waals surface area (Å²) in [6, 6.07) is 2.53. The third kappa shape index (κ3) is 7.23. The van der Waals surface area contributed by atoms with Crippen molar-refractivity contribution in [2.45, 2.75) is 59.0 Å². The molecule has 0 radical (unpaired) electrons. The van der Waals surface area contributed by atoms with E-state index in [4.69, 9.17) is 33.2 Å². The van der Waals surface area contributed by atoms with Crippen LogP contribution in [-0.2, 0) is 0 Å². The number of halogens is 3. The third-order valence-electron chi connectivity index (χ3n) is 6.69. The molecule has 2 saturated heterocycles. The second-order valence-electron chi connectivity index (χ2n) is 9.33. The van der Waals surface area contributed by atoms with E-state index in [9.17, 15) is 4.39 Å². The predicted octanol–water partition coefficient (Wildman–Crippen LogP) is 7.06. The summed E-state index contributed by atoms with van der Waals surface area (Å²) >= 11 is 12.4. The molecule has 0 N–H and O–H groups in total. The number of hydrogen-bond donors (Lipinski definition) is 0. The molecule has 0 aliphatic carbocycles. The van der Waals surface area contributed by atoms with Crippen molar-refractivity contribution >= 4 is 47.3 Å². The zero-order valence-electron chi connectivity index (χ0n) is 22.2. The fraction of sp³-hybridized carbons (Fsp3) is 0.464.